The van der Waals surface area contributed by atoms with Gasteiger partial charge in [0.05, 0.1) is 44.1 Å². The molecule has 0 radical (unpaired) electrons. The smallest absolute Gasteiger partial charge is 0.262 e. The van der Waals surface area contributed by atoms with E-state index in [1.807, 2.05) is 35.0 Å². The Morgan fingerprint density at radius 1 is 0.944 bits per heavy atom. The average Bonchev–Trinajstić information content (AvgIpc) is 3.63. The van der Waals surface area contributed by atoms with Crippen molar-refractivity contribution < 1.29 is 28.2 Å². The van der Waals surface area contributed by atoms with Gasteiger partial charge in [-0.2, -0.15) is 4.39 Å². The molecule has 1 atom stereocenters. The first-order valence-electron chi connectivity index (χ1n) is 11.3. The fourth-order valence-electron chi connectivity index (χ4n) is 3.72. The quantitative estimate of drug-likeness (QED) is 0.133. The van der Waals surface area contributed by atoms with E-state index in [4.69, 9.17) is 19.6 Å². The number of benzene rings is 1. The largest absolute Gasteiger partial charge is 0.378 e. The number of halogens is 1. The second kappa shape index (κ2) is 12.9. The van der Waals surface area contributed by atoms with Crippen LogP contribution >= 0.6 is 22.7 Å². The number of imide groups is 1. The fraction of sp³-hybridized carbons (Fsp3) is 0.320. The minimum absolute atomic E-state index is 0.0419. The monoisotopic (exact) mass is 531 g/mol. The number of thiophene rings is 2. The summed E-state index contributed by atoms with van der Waals surface area (Å²) in [7, 11) is 0. The van der Waals surface area contributed by atoms with Crippen molar-refractivity contribution in [3.63, 3.8) is 0 Å². The Morgan fingerprint density at radius 2 is 1.53 bits per heavy atom. The van der Waals surface area contributed by atoms with Gasteiger partial charge in [0.25, 0.3) is 11.8 Å². The second-order valence-corrected chi connectivity index (χ2v) is 9.96. The molecule has 1 aliphatic rings. The van der Waals surface area contributed by atoms with Crippen molar-refractivity contribution in [3.05, 3.63) is 80.2 Å². The molecular formula is C25H26FN3O5S2. The molecule has 1 aromatic carbocycles. The molecule has 0 fully saturated rings. The maximum atomic E-state index is 13.3. The lowest BCUT2D eigenvalue weighted by molar-refractivity contribution is -0.190. The van der Waals surface area contributed by atoms with Crippen molar-refractivity contribution in [2.75, 3.05) is 26.3 Å². The standard InChI is InChI=1S/C25H26FN3O5S2/c26-22(27)13-28-9-10-32-16-21(29-23(30)19-7-1-2-8-20(19)24(29)31)25(33-14-17-5-3-11-35-17)34-15-18-6-4-12-36-18/h1-8,11-12,21,25,27-28H,9-10,13-16H2. The molecule has 8 nitrogen and oxygen atoms in total. The van der Waals surface area contributed by atoms with E-state index in [0.29, 0.717) is 11.1 Å². The van der Waals surface area contributed by atoms with Crippen molar-refractivity contribution in [1.29, 1.82) is 5.41 Å². The number of nitrogens with zero attached hydrogens (tertiary/aromatic N) is 1. The lowest BCUT2D eigenvalue weighted by Gasteiger charge is -2.32. The molecule has 4 rings (SSSR count). The molecule has 1 aliphatic heterocycles. The number of ether oxygens (including phenoxy) is 3. The third-order valence-electron chi connectivity index (χ3n) is 5.40. The highest BCUT2D eigenvalue weighted by Gasteiger charge is 2.44. The molecule has 0 spiro atoms. The maximum Gasteiger partial charge on any atom is 0.262 e. The van der Waals surface area contributed by atoms with Crippen LogP contribution in [0.15, 0.2) is 59.3 Å². The number of hydrogen-bond donors (Lipinski definition) is 2. The normalized spacial score (nSPS) is 14.0. The zero-order chi connectivity index (χ0) is 25.3. The maximum absolute atomic E-state index is 13.3. The summed E-state index contributed by atoms with van der Waals surface area (Å²) in [4.78, 5) is 29.7. The van der Waals surface area contributed by atoms with Gasteiger partial charge in [0.15, 0.2) is 12.3 Å². The third-order valence-corrected chi connectivity index (χ3v) is 7.10. The molecule has 2 N–H and O–H groups in total. The van der Waals surface area contributed by atoms with E-state index in [9.17, 15) is 14.0 Å². The van der Waals surface area contributed by atoms with E-state index in [-0.39, 0.29) is 39.5 Å². The summed E-state index contributed by atoms with van der Waals surface area (Å²) in [6, 6.07) is 13.5. The SMILES string of the molecule is N=C(F)CNCCOCC(C(OCc1cccs1)OCc1cccs1)N1C(=O)c2ccccc2C1=O. The first kappa shape index (κ1) is 26.3. The molecule has 11 heteroatoms. The van der Waals surface area contributed by atoms with Gasteiger partial charge in [-0.25, -0.2) is 0 Å². The van der Waals surface area contributed by atoms with Crippen molar-refractivity contribution >= 4 is 40.5 Å². The Kier molecular flexibility index (Phi) is 9.45. The molecule has 3 aromatic rings. The number of rotatable bonds is 15. The lowest BCUT2D eigenvalue weighted by Crippen LogP contribution is -2.51. The highest BCUT2D eigenvalue weighted by atomic mass is 32.1. The summed E-state index contributed by atoms with van der Waals surface area (Å²) in [5.41, 5.74) is 0.650. The van der Waals surface area contributed by atoms with E-state index in [0.717, 1.165) is 14.7 Å². The van der Waals surface area contributed by atoms with Gasteiger partial charge in [-0.05, 0) is 35.0 Å². The van der Waals surface area contributed by atoms with E-state index in [1.165, 1.54) is 22.7 Å². The van der Waals surface area contributed by atoms with Gasteiger partial charge in [0, 0.05) is 16.3 Å². The van der Waals surface area contributed by atoms with Gasteiger partial charge in [0.1, 0.15) is 6.04 Å². The molecule has 0 aliphatic carbocycles. The summed E-state index contributed by atoms with van der Waals surface area (Å²) in [6.07, 6.45) is -0.955. The van der Waals surface area contributed by atoms with Gasteiger partial charge in [-0.3, -0.25) is 19.9 Å². The summed E-state index contributed by atoms with van der Waals surface area (Å²) in [5, 5.41) is 13.5. The number of hydrogen-bond acceptors (Lipinski definition) is 9. The minimum atomic E-state index is -0.970. The lowest BCUT2D eigenvalue weighted by atomic mass is 10.1. The highest BCUT2D eigenvalue weighted by Crippen LogP contribution is 2.28. The molecule has 1 unspecified atom stereocenters. The van der Waals surface area contributed by atoms with Crippen LogP contribution < -0.4 is 5.32 Å². The van der Waals surface area contributed by atoms with Crippen LogP contribution in [-0.2, 0) is 27.4 Å². The predicted octanol–water partition coefficient (Wildman–Crippen LogP) is 4.09. The summed E-state index contributed by atoms with van der Waals surface area (Å²) >= 11 is 3.06. The molecule has 190 valence electrons. The number of amides is 2. The molecule has 0 saturated heterocycles. The third kappa shape index (κ3) is 6.69. The van der Waals surface area contributed by atoms with Crippen LogP contribution in [0.3, 0.4) is 0 Å². The van der Waals surface area contributed by atoms with Crippen LogP contribution in [0.4, 0.5) is 4.39 Å². The van der Waals surface area contributed by atoms with Crippen LogP contribution in [0.5, 0.6) is 0 Å². The number of fused-ring (bicyclic) bond motifs is 1. The Morgan fingerprint density at radius 3 is 2.03 bits per heavy atom. The molecule has 0 bridgehead atoms. The van der Waals surface area contributed by atoms with Gasteiger partial charge >= 0.3 is 0 Å². The van der Waals surface area contributed by atoms with Crippen molar-refractivity contribution in [2.24, 2.45) is 0 Å². The topological polar surface area (TPSA) is 101 Å². The first-order chi connectivity index (χ1) is 17.5. The van der Waals surface area contributed by atoms with Gasteiger partial charge in [-0.15, -0.1) is 22.7 Å². The van der Waals surface area contributed by atoms with Crippen molar-refractivity contribution in [1.82, 2.24) is 10.2 Å². The fourth-order valence-corrected chi connectivity index (χ4v) is 4.97. The minimum Gasteiger partial charge on any atom is -0.378 e. The van der Waals surface area contributed by atoms with E-state index < -0.39 is 30.1 Å². The van der Waals surface area contributed by atoms with Crippen LogP contribution in [-0.4, -0.2) is 61.3 Å². The summed E-state index contributed by atoms with van der Waals surface area (Å²) < 4.78 is 30.7. The van der Waals surface area contributed by atoms with Crippen molar-refractivity contribution in [3.8, 4) is 0 Å². The Labute approximate surface area is 216 Å². The molecule has 2 amide bonds. The van der Waals surface area contributed by atoms with E-state index >= 15 is 0 Å². The Bertz CT molecular complexity index is 1080. The van der Waals surface area contributed by atoms with Crippen LogP contribution in [0.2, 0.25) is 0 Å². The summed E-state index contributed by atoms with van der Waals surface area (Å²) in [6.45, 7) is 0.716. The zero-order valence-electron chi connectivity index (χ0n) is 19.4. The number of nitrogens with one attached hydrogen (secondary N) is 2. The highest BCUT2D eigenvalue weighted by molar-refractivity contribution is 7.10. The van der Waals surface area contributed by atoms with Crippen molar-refractivity contribution in [2.45, 2.75) is 25.5 Å². The van der Waals surface area contributed by atoms with Gasteiger partial charge in [0.2, 0.25) is 0 Å². The predicted molar refractivity (Wildman–Crippen MR) is 135 cm³/mol. The Balaban J connectivity index is 1.53. The zero-order valence-corrected chi connectivity index (χ0v) is 21.0. The summed E-state index contributed by atoms with van der Waals surface area (Å²) in [5.74, 6) is -1.83. The van der Waals surface area contributed by atoms with Crippen LogP contribution in [0, 0.1) is 5.41 Å². The first-order valence-corrected chi connectivity index (χ1v) is 13.1. The van der Waals surface area contributed by atoms with E-state index in [2.05, 4.69) is 5.32 Å². The van der Waals surface area contributed by atoms with Gasteiger partial charge < -0.3 is 19.5 Å². The van der Waals surface area contributed by atoms with Crippen LogP contribution in [0.25, 0.3) is 0 Å². The second-order valence-electron chi connectivity index (χ2n) is 7.90. The van der Waals surface area contributed by atoms with Crippen LogP contribution in [0.1, 0.15) is 30.5 Å². The molecular weight excluding hydrogens is 505 g/mol. The average molecular weight is 532 g/mol. The molecule has 2 aromatic heterocycles. The number of carbonyl (C=O) groups excluding carboxylic acids is 2. The molecule has 0 saturated carbocycles. The van der Waals surface area contributed by atoms with Gasteiger partial charge in [-0.1, -0.05) is 24.3 Å². The number of carbonyl (C=O) groups is 2. The molecule has 3 heterocycles. The Hall–Kier alpha value is -2.80. The molecule has 36 heavy (non-hydrogen) atoms. The van der Waals surface area contributed by atoms with E-state index in [1.54, 1.807) is 24.3 Å².